The van der Waals surface area contributed by atoms with Crippen LogP contribution in [-0.4, -0.2) is 48.2 Å². The highest BCUT2D eigenvalue weighted by Crippen LogP contribution is 2.65. The van der Waals surface area contributed by atoms with Gasteiger partial charge >= 0.3 is 7.12 Å². The second-order valence-corrected chi connectivity index (χ2v) is 32.6. The standard InChI is InChI=1S/C52H33N3O.C31H27BO3.C27H18ClN3/c1-3-14-34(15-4-1)35-26-30-38(31-27-35)50-53-49(37-16-5-2-6-17-37)54-51(55-50)39-32-28-36(29-33-39)40-20-13-24-46-48(40)56-47-25-12-11-23-45(47)52(46)43-21-9-7-18-41(43)42-19-8-10-22-44(42)52;1-29(2)30(3,4)35-32(34-29)26-18-11-17-25-28(26)33-27-19-10-9-16-24(27)31(25)22-14-7-5-12-20(22)21-13-6-8-15-23(21)31;28-24-17-15-23(16-18-24)27-30-25(21-9-5-2-6-10-21)29-26(31-27)22-13-11-20(12-14-22)19-7-3-1-4-8-19/h1-33H;5-19H,1-4H3;1-18H. The number of ether oxygens (including phenoxy) is 2. The van der Waals surface area contributed by atoms with Crippen LogP contribution in [0.4, 0.5) is 0 Å². The van der Waals surface area contributed by atoms with Crippen molar-refractivity contribution in [1.82, 2.24) is 29.9 Å². The molecule has 0 amide bonds. The van der Waals surface area contributed by atoms with E-state index in [1.54, 1.807) is 0 Å². The number of halogens is 1. The van der Waals surface area contributed by atoms with E-state index in [9.17, 15) is 0 Å². The van der Waals surface area contributed by atoms with Crippen molar-refractivity contribution in [2.24, 2.45) is 0 Å². The van der Waals surface area contributed by atoms with Crippen LogP contribution in [0.5, 0.6) is 23.0 Å². The van der Waals surface area contributed by atoms with Gasteiger partial charge in [-0.25, -0.2) is 29.9 Å². The van der Waals surface area contributed by atoms with Crippen LogP contribution in [0.25, 0.3) is 124 Å². The van der Waals surface area contributed by atoms with Crippen molar-refractivity contribution >= 4 is 24.2 Å². The van der Waals surface area contributed by atoms with Crippen LogP contribution in [-0.2, 0) is 20.1 Å². The molecule has 2 spiro atoms. The summed E-state index contributed by atoms with van der Waals surface area (Å²) in [6.07, 6.45) is 0. The summed E-state index contributed by atoms with van der Waals surface area (Å²) >= 11 is 6.07. The molecule has 2 aliphatic carbocycles. The third-order valence-corrected chi connectivity index (χ3v) is 24.9. The molecule has 3 aliphatic heterocycles. The van der Waals surface area contributed by atoms with E-state index in [1.165, 1.54) is 55.6 Å². The Balaban J connectivity index is 0.000000120. The lowest BCUT2D eigenvalue weighted by Gasteiger charge is -2.40. The summed E-state index contributed by atoms with van der Waals surface area (Å²) in [5.74, 6) is 7.22. The average molecular weight is 1590 g/mol. The predicted octanol–water partition coefficient (Wildman–Crippen LogP) is 26.3. The highest BCUT2D eigenvalue weighted by atomic mass is 35.5. The van der Waals surface area contributed by atoms with Crippen molar-refractivity contribution in [3.05, 3.63) is 450 Å². The molecule has 582 valence electrons. The molecule has 122 heavy (non-hydrogen) atoms. The minimum atomic E-state index is -0.512. The average Bonchev–Trinajstić information content (AvgIpc) is 1.50. The zero-order chi connectivity index (χ0) is 82.1. The van der Waals surface area contributed by atoms with Crippen molar-refractivity contribution in [3.8, 4) is 147 Å². The van der Waals surface area contributed by atoms with Gasteiger partial charge in [0.15, 0.2) is 34.9 Å². The maximum Gasteiger partial charge on any atom is 0.498 e. The molecule has 18 aromatic rings. The largest absolute Gasteiger partial charge is 0.498 e. The summed E-state index contributed by atoms with van der Waals surface area (Å²) in [7, 11) is -0.510. The number of rotatable bonds is 10. The van der Waals surface area contributed by atoms with E-state index in [-0.39, 0.29) is 0 Å². The third-order valence-electron chi connectivity index (χ3n) is 24.7. The Labute approximate surface area is 714 Å². The minimum absolute atomic E-state index is 0.433. The zero-order valence-electron chi connectivity index (χ0n) is 67.4. The predicted molar refractivity (Wildman–Crippen MR) is 491 cm³/mol. The summed E-state index contributed by atoms with van der Waals surface area (Å²) in [4.78, 5) is 29.3. The first kappa shape index (κ1) is 74.9. The number of fused-ring (bicyclic) bond motifs is 18. The van der Waals surface area contributed by atoms with Crippen LogP contribution >= 0.6 is 11.6 Å². The van der Waals surface area contributed by atoms with Crippen molar-refractivity contribution < 1.29 is 18.8 Å². The van der Waals surface area contributed by atoms with E-state index >= 15 is 0 Å². The highest BCUT2D eigenvalue weighted by molar-refractivity contribution is 6.63. The zero-order valence-corrected chi connectivity index (χ0v) is 68.1. The molecular weight excluding hydrogens is 1520 g/mol. The maximum absolute atomic E-state index is 6.93. The van der Waals surface area contributed by atoms with E-state index in [1.807, 2.05) is 115 Å². The number of nitrogens with zero attached hydrogens (tertiary/aromatic N) is 6. The lowest BCUT2D eigenvalue weighted by molar-refractivity contribution is 0.00578. The van der Waals surface area contributed by atoms with Gasteiger partial charge in [-0.15, -0.1) is 0 Å². The maximum atomic E-state index is 6.93. The lowest BCUT2D eigenvalue weighted by atomic mass is 9.64. The molecule has 0 N–H and O–H groups in total. The molecule has 0 radical (unpaired) electrons. The quantitative estimate of drug-likeness (QED) is 0.123. The van der Waals surface area contributed by atoms with Crippen LogP contribution in [0, 0.1) is 0 Å². The molecule has 0 atom stereocenters. The number of aromatic nitrogens is 6. The summed E-state index contributed by atoms with van der Waals surface area (Å²) in [5.41, 5.74) is 26.1. The molecule has 0 saturated carbocycles. The summed E-state index contributed by atoms with van der Waals surface area (Å²) < 4.78 is 26.6. The SMILES string of the molecule is CC1(C)OB(c2cccc3c2Oc2ccccc2C32c3ccccc3-c3ccccc32)OC1(C)C.Clc1ccc(-c2nc(-c3ccccc3)nc(-c3ccc(-c4ccccc4)cc3)n2)cc1.c1ccc(-c2ccc(-c3nc(-c4ccccc4)nc(-c4ccc(-c5cccc6c5Oc5ccccc5C65c6ccccc6-c6ccccc65)cc4)n3)cc2)cc1. The first-order valence-corrected chi connectivity index (χ1v) is 41.6. The van der Waals surface area contributed by atoms with Gasteiger partial charge in [0.25, 0.3) is 0 Å². The Morgan fingerprint density at radius 2 is 0.459 bits per heavy atom. The van der Waals surface area contributed by atoms with Gasteiger partial charge in [0.2, 0.25) is 0 Å². The second kappa shape index (κ2) is 30.7. The van der Waals surface area contributed by atoms with Gasteiger partial charge in [-0.05, 0) is 136 Å². The molecule has 10 nitrogen and oxygen atoms in total. The van der Waals surface area contributed by atoms with Crippen molar-refractivity contribution in [2.45, 2.75) is 49.7 Å². The number of benzene rings is 16. The van der Waals surface area contributed by atoms with Gasteiger partial charge in [-0.1, -0.05) is 376 Å². The number of hydrogen-bond acceptors (Lipinski definition) is 10. The molecule has 0 bridgehead atoms. The first-order valence-electron chi connectivity index (χ1n) is 41.2. The normalized spacial score (nSPS) is 14.3. The third kappa shape index (κ3) is 12.9. The first-order chi connectivity index (χ1) is 59.9. The molecule has 5 aliphatic rings. The topological polar surface area (TPSA) is 114 Å². The van der Waals surface area contributed by atoms with E-state index in [0.29, 0.717) is 40.0 Å². The fourth-order valence-electron chi connectivity index (χ4n) is 18.1. The Hall–Kier alpha value is -14.6. The Bertz CT molecular complexity index is 6910. The number of para-hydroxylation sites is 4. The molecular formula is C110H78BClN6O4. The van der Waals surface area contributed by atoms with Gasteiger partial charge in [0, 0.05) is 71.7 Å². The Kier molecular flexibility index (Phi) is 18.8. The van der Waals surface area contributed by atoms with Gasteiger partial charge < -0.3 is 18.8 Å². The highest BCUT2D eigenvalue weighted by Gasteiger charge is 2.57. The van der Waals surface area contributed by atoms with Gasteiger partial charge in [0.1, 0.15) is 23.0 Å². The van der Waals surface area contributed by atoms with Crippen molar-refractivity contribution in [2.75, 3.05) is 0 Å². The fourth-order valence-corrected chi connectivity index (χ4v) is 18.3. The van der Waals surface area contributed by atoms with Gasteiger partial charge in [-0.2, -0.15) is 0 Å². The molecule has 5 heterocycles. The molecule has 1 fully saturated rings. The van der Waals surface area contributed by atoms with Crippen LogP contribution in [0.3, 0.4) is 0 Å². The van der Waals surface area contributed by atoms with Crippen LogP contribution in [0.1, 0.15) is 72.2 Å². The minimum Gasteiger partial charge on any atom is -0.457 e. The van der Waals surface area contributed by atoms with Crippen LogP contribution < -0.4 is 14.9 Å². The molecule has 0 unspecified atom stereocenters. The smallest absolute Gasteiger partial charge is 0.457 e. The molecule has 2 aromatic heterocycles. The Morgan fingerprint density at radius 3 is 0.828 bits per heavy atom. The summed E-state index contributed by atoms with van der Waals surface area (Å²) in [6, 6.07) is 139. The van der Waals surface area contributed by atoms with E-state index in [2.05, 4.69) is 313 Å². The Morgan fingerprint density at radius 1 is 0.213 bits per heavy atom. The molecule has 23 rings (SSSR count). The van der Waals surface area contributed by atoms with Gasteiger partial charge in [-0.3, -0.25) is 0 Å². The van der Waals surface area contributed by atoms with E-state index in [4.69, 9.17) is 60.3 Å². The van der Waals surface area contributed by atoms with E-state index in [0.717, 1.165) is 106 Å². The monoisotopic (exact) mass is 1590 g/mol. The lowest BCUT2D eigenvalue weighted by Crippen LogP contribution is -2.41. The number of hydrogen-bond donors (Lipinski definition) is 0. The van der Waals surface area contributed by atoms with E-state index < -0.39 is 29.2 Å². The molecule has 12 heteroatoms. The van der Waals surface area contributed by atoms with Gasteiger partial charge in [0.05, 0.1) is 22.0 Å². The van der Waals surface area contributed by atoms with Crippen LogP contribution in [0.2, 0.25) is 5.02 Å². The molecule has 16 aromatic carbocycles. The van der Waals surface area contributed by atoms with Crippen molar-refractivity contribution in [1.29, 1.82) is 0 Å². The van der Waals surface area contributed by atoms with Crippen molar-refractivity contribution in [3.63, 3.8) is 0 Å². The van der Waals surface area contributed by atoms with Crippen LogP contribution in [0.15, 0.2) is 400 Å². The fraction of sp³-hybridized carbons (Fsp3) is 0.0727. The summed E-state index contributed by atoms with van der Waals surface area (Å²) in [5, 5.41) is 0.679. The molecule has 1 saturated heterocycles. The second-order valence-electron chi connectivity index (χ2n) is 32.2. The summed E-state index contributed by atoms with van der Waals surface area (Å²) in [6.45, 7) is 8.35.